The number of nitrogens with zero attached hydrogens (tertiary/aromatic N) is 2. The van der Waals surface area contributed by atoms with Gasteiger partial charge in [-0.25, -0.2) is 4.68 Å². The zero-order chi connectivity index (χ0) is 20.7. The third-order valence-electron chi connectivity index (χ3n) is 5.17. The molecule has 2 heterocycles. The van der Waals surface area contributed by atoms with Crippen LogP contribution in [0.1, 0.15) is 16.1 Å². The summed E-state index contributed by atoms with van der Waals surface area (Å²) in [6, 6.07) is 23.0. The number of para-hydroxylation sites is 1. The summed E-state index contributed by atoms with van der Waals surface area (Å²) in [5.74, 6) is -0.457. The fourth-order valence-corrected chi connectivity index (χ4v) is 3.72. The molecule has 146 valence electrons. The van der Waals surface area contributed by atoms with E-state index in [1.807, 2.05) is 72.8 Å². The van der Waals surface area contributed by atoms with Gasteiger partial charge in [0.1, 0.15) is 11.2 Å². The van der Waals surface area contributed by atoms with Gasteiger partial charge >= 0.3 is 0 Å². The van der Waals surface area contributed by atoms with Gasteiger partial charge in [-0.3, -0.25) is 9.59 Å². The summed E-state index contributed by atoms with van der Waals surface area (Å²) in [4.78, 5) is 29.2. The van der Waals surface area contributed by atoms with Crippen molar-refractivity contribution in [3.63, 3.8) is 0 Å². The highest BCUT2D eigenvalue weighted by Gasteiger charge is 2.19. The molecule has 6 heteroatoms. The number of nitrogens with one attached hydrogen (secondary N) is 2. The highest BCUT2D eigenvalue weighted by atomic mass is 16.2. The molecule has 0 aliphatic heterocycles. The largest absolute Gasteiger partial charge is 0.345 e. The molecule has 6 nitrogen and oxygen atoms in total. The maximum Gasteiger partial charge on any atom is 0.261 e. The molecule has 0 bridgehead atoms. The number of aromatic nitrogens is 3. The van der Waals surface area contributed by atoms with E-state index in [4.69, 9.17) is 0 Å². The Bertz CT molecular complexity index is 1460. The Kier molecular flexibility index (Phi) is 4.17. The van der Waals surface area contributed by atoms with Crippen LogP contribution in [0.5, 0.6) is 0 Å². The van der Waals surface area contributed by atoms with E-state index < -0.39 is 5.91 Å². The van der Waals surface area contributed by atoms with Gasteiger partial charge in [0.05, 0.1) is 16.8 Å². The lowest BCUT2D eigenvalue weighted by Crippen LogP contribution is -2.22. The van der Waals surface area contributed by atoms with Gasteiger partial charge in [-0.05, 0) is 30.5 Å². The monoisotopic (exact) mass is 394 g/mol. The summed E-state index contributed by atoms with van der Waals surface area (Å²) >= 11 is 0. The first kappa shape index (κ1) is 17.9. The maximum absolute atomic E-state index is 13.2. The molecule has 0 aliphatic carbocycles. The van der Waals surface area contributed by atoms with Crippen LogP contribution in [0.2, 0.25) is 0 Å². The average Bonchev–Trinajstić information content (AvgIpc) is 3.12. The number of aryl methyl sites for hydroxylation is 1. The number of carbonyl (C=O) groups excluding carboxylic acids is 1. The van der Waals surface area contributed by atoms with Gasteiger partial charge in [-0.15, -0.1) is 0 Å². The molecule has 1 amide bonds. The average molecular weight is 394 g/mol. The zero-order valence-electron chi connectivity index (χ0n) is 16.2. The van der Waals surface area contributed by atoms with Crippen LogP contribution in [0.25, 0.3) is 27.5 Å². The summed E-state index contributed by atoms with van der Waals surface area (Å²) in [5.41, 5.74) is 2.32. The molecule has 30 heavy (non-hydrogen) atoms. The molecule has 0 aliphatic rings. The molecule has 2 aromatic heterocycles. The van der Waals surface area contributed by atoms with Gasteiger partial charge in [0.25, 0.3) is 5.91 Å². The summed E-state index contributed by atoms with van der Waals surface area (Å²) in [6.45, 7) is 1.77. The molecule has 0 fully saturated rings. The molecular formula is C24H18N4O2. The van der Waals surface area contributed by atoms with E-state index in [2.05, 4.69) is 15.4 Å². The second-order valence-electron chi connectivity index (χ2n) is 7.07. The van der Waals surface area contributed by atoms with E-state index in [1.165, 1.54) is 6.20 Å². The molecule has 0 spiro atoms. The molecular weight excluding hydrogens is 376 g/mol. The third kappa shape index (κ3) is 2.86. The quantitative estimate of drug-likeness (QED) is 0.475. The van der Waals surface area contributed by atoms with Crippen LogP contribution in [0.15, 0.2) is 83.8 Å². The number of rotatable bonds is 3. The maximum atomic E-state index is 13.2. The molecule has 0 unspecified atom stereocenters. The number of pyridine rings is 1. The van der Waals surface area contributed by atoms with E-state index in [9.17, 15) is 9.59 Å². The number of hydrogen-bond donors (Lipinski definition) is 2. The first-order chi connectivity index (χ1) is 14.6. The van der Waals surface area contributed by atoms with Crippen LogP contribution in [0, 0.1) is 6.92 Å². The Balaban J connectivity index is 1.58. The Morgan fingerprint density at radius 2 is 1.70 bits per heavy atom. The summed E-state index contributed by atoms with van der Waals surface area (Å²) < 4.78 is 1.68. The first-order valence-corrected chi connectivity index (χ1v) is 9.59. The topological polar surface area (TPSA) is 79.8 Å². The van der Waals surface area contributed by atoms with Crippen molar-refractivity contribution in [3.05, 3.63) is 100 Å². The SMILES string of the molecule is Cc1nn(-c2ccccc2)c2[nH]cc(C(=O)Nc3cccc4ccccc34)c(=O)c12. The molecule has 0 saturated heterocycles. The standard InChI is InChI=1S/C24H18N4O2/c1-15-21-22(29)19(14-25-23(21)28(27-15)17-10-3-2-4-11-17)24(30)26-20-13-7-9-16-8-5-6-12-18(16)20/h2-14H,1H3,(H,25,29)(H,26,30). The van der Waals surface area contributed by atoms with E-state index in [-0.39, 0.29) is 11.0 Å². The lowest BCUT2D eigenvalue weighted by Gasteiger charge is -2.09. The Morgan fingerprint density at radius 3 is 2.53 bits per heavy atom. The van der Waals surface area contributed by atoms with Gasteiger partial charge in [-0.1, -0.05) is 54.6 Å². The molecule has 0 radical (unpaired) electrons. The number of anilines is 1. The van der Waals surface area contributed by atoms with Crippen molar-refractivity contribution < 1.29 is 4.79 Å². The predicted molar refractivity (Wildman–Crippen MR) is 118 cm³/mol. The molecule has 3 aromatic carbocycles. The number of amides is 1. The minimum atomic E-state index is -0.457. The number of carbonyl (C=O) groups is 1. The van der Waals surface area contributed by atoms with E-state index in [0.717, 1.165) is 16.5 Å². The van der Waals surface area contributed by atoms with E-state index >= 15 is 0 Å². The van der Waals surface area contributed by atoms with E-state index in [1.54, 1.807) is 11.6 Å². The van der Waals surface area contributed by atoms with Crippen LogP contribution in [0.4, 0.5) is 5.69 Å². The normalized spacial score (nSPS) is 11.1. The molecule has 0 saturated carbocycles. The zero-order valence-corrected chi connectivity index (χ0v) is 16.2. The van der Waals surface area contributed by atoms with E-state index in [0.29, 0.717) is 22.4 Å². The van der Waals surface area contributed by atoms with Gasteiger partial charge < -0.3 is 10.3 Å². The Hall–Kier alpha value is -4.19. The third-order valence-corrected chi connectivity index (χ3v) is 5.17. The molecule has 2 N–H and O–H groups in total. The minimum absolute atomic E-state index is 0.0474. The number of fused-ring (bicyclic) bond motifs is 2. The summed E-state index contributed by atoms with van der Waals surface area (Å²) in [5, 5.41) is 9.71. The van der Waals surface area contributed by atoms with Crippen molar-refractivity contribution in [2.45, 2.75) is 6.92 Å². The number of benzene rings is 3. The Labute approximate surface area is 171 Å². The highest BCUT2D eigenvalue weighted by Crippen LogP contribution is 2.24. The lowest BCUT2D eigenvalue weighted by atomic mass is 10.1. The van der Waals surface area contributed by atoms with Crippen molar-refractivity contribution >= 4 is 33.4 Å². The van der Waals surface area contributed by atoms with Crippen LogP contribution in [-0.4, -0.2) is 20.7 Å². The molecule has 5 rings (SSSR count). The van der Waals surface area contributed by atoms with Gasteiger partial charge in [-0.2, -0.15) is 5.10 Å². The minimum Gasteiger partial charge on any atom is -0.345 e. The van der Waals surface area contributed by atoms with Crippen molar-refractivity contribution in [2.24, 2.45) is 0 Å². The van der Waals surface area contributed by atoms with Gasteiger partial charge in [0, 0.05) is 17.3 Å². The van der Waals surface area contributed by atoms with Crippen molar-refractivity contribution in [2.75, 3.05) is 5.32 Å². The van der Waals surface area contributed by atoms with Crippen LogP contribution in [0.3, 0.4) is 0 Å². The smallest absolute Gasteiger partial charge is 0.261 e. The second-order valence-corrected chi connectivity index (χ2v) is 7.07. The molecule has 0 atom stereocenters. The van der Waals surface area contributed by atoms with Crippen LogP contribution in [-0.2, 0) is 0 Å². The van der Waals surface area contributed by atoms with Gasteiger partial charge in [0.2, 0.25) is 5.43 Å². The number of hydrogen-bond acceptors (Lipinski definition) is 3. The lowest BCUT2D eigenvalue weighted by molar-refractivity contribution is 0.102. The van der Waals surface area contributed by atoms with Crippen molar-refractivity contribution in [1.82, 2.24) is 14.8 Å². The van der Waals surface area contributed by atoms with Crippen LogP contribution >= 0.6 is 0 Å². The van der Waals surface area contributed by atoms with Crippen molar-refractivity contribution in [3.8, 4) is 5.69 Å². The first-order valence-electron chi connectivity index (χ1n) is 9.59. The summed E-state index contributed by atoms with van der Waals surface area (Å²) in [7, 11) is 0. The second kappa shape index (κ2) is 7.00. The highest BCUT2D eigenvalue weighted by molar-refractivity contribution is 6.10. The van der Waals surface area contributed by atoms with Gasteiger partial charge in [0.15, 0.2) is 0 Å². The van der Waals surface area contributed by atoms with Crippen molar-refractivity contribution in [1.29, 1.82) is 0 Å². The number of H-pyrrole nitrogens is 1. The number of aromatic amines is 1. The predicted octanol–water partition coefficient (Wildman–Crippen LogP) is 4.43. The molecule has 5 aromatic rings. The fourth-order valence-electron chi connectivity index (χ4n) is 3.72. The summed E-state index contributed by atoms with van der Waals surface area (Å²) in [6.07, 6.45) is 1.45. The fraction of sp³-hybridized carbons (Fsp3) is 0.0417. The Morgan fingerprint density at radius 1 is 0.967 bits per heavy atom. The van der Waals surface area contributed by atoms with Crippen LogP contribution < -0.4 is 10.7 Å².